The second-order valence-corrected chi connectivity index (χ2v) is 16.8. The average molecular weight is 768 g/mol. The summed E-state index contributed by atoms with van der Waals surface area (Å²) < 4.78 is 7.27. The van der Waals surface area contributed by atoms with Gasteiger partial charge in [-0.2, -0.15) is 0 Å². The lowest BCUT2D eigenvalue weighted by Gasteiger charge is -2.38. The van der Waals surface area contributed by atoms with E-state index >= 15 is 0 Å². The van der Waals surface area contributed by atoms with Crippen LogP contribution in [0, 0.1) is 0 Å². The molecule has 2 aliphatic rings. The van der Waals surface area contributed by atoms with Gasteiger partial charge in [0.15, 0.2) is 0 Å². The Hall–Kier alpha value is -7.42. The predicted molar refractivity (Wildman–Crippen MR) is 249 cm³/mol. The van der Waals surface area contributed by atoms with Gasteiger partial charge in [-0.1, -0.05) is 190 Å². The standard InChI is InChI=1S/C58H41NO/c1-57(2)47-26-13-11-25-46(47)54-50(57)29-17-30-51(54)59(41-34-32-39(33-35-41)38-18-5-3-6-19-38)52-37-36-45-44-24-12-16-31-53(44)60-56(45)55(52)58(40-20-7-4-8-21-40)48-27-14-9-22-42(48)43-23-10-15-28-49(43)58/h3-37H,1-2H3. The number of fused-ring (bicyclic) bond motifs is 9. The summed E-state index contributed by atoms with van der Waals surface area (Å²) in [5.74, 6) is 0. The zero-order chi connectivity index (χ0) is 40.0. The van der Waals surface area contributed by atoms with Crippen molar-refractivity contribution >= 4 is 39.0 Å². The topological polar surface area (TPSA) is 16.4 Å². The van der Waals surface area contributed by atoms with E-state index in [9.17, 15) is 0 Å². The molecule has 0 unspecified atom stereocenters. The smallest absolute Gasteiger partial charge is 0.142 e. The lowest BCUT2D eigenvalue weighted by Crippen LogP contribution is -2.31. The Labute approximate surface area is 350 Å². The Morgan fingerprint density at radius 1 is 0.400 bits per heavy atom. The van der Waals surface area contributed by atoms with Gasteiger partial charge < -0.3 is 9.32 Å². The molecular formula is C58H41NO. The number of para-hydroxylation sites is 1. The minimum absolute atomic E-state index is 0.176. The number of benzene rings is 9. The van der Waals surface area contributed by atoms with Gasteiger partial charge in [0, 0.05) is 33.0 Å². The largest absolute Gasteiger partial charge is 0.456 e. The molecule has 0 saturated heterocycles. The van der Waals surface area contributed by atoms with E-state index in [0.29, 0.717) is 0 Å². The van der Waals surface area contributed by atoms with Crippen molar-refractivity contribution in [3.63, 3.8) is 0 Å². The van der Waals surface area contributed by atoms with Gasteiger partial charge in [0.05, 0.1) is 16.8 Å². The molecule has 1 aromatic heterocycles. The third kappa shape index (κ3) is 4.76. The van der Waals surface area contributed by atoms with Gasteiger partial charge in [-0.25, -0.2) is 0 Å². The van der Waals surface area contributed by atoms with E-state index in [1.54, 1.807) is 0 Å². The third-order valence-electron chi connectivity index (χ3n) is 13.4. The van der Waals surface area contributed by atoms with Crippen LogP contribution in [0.1, 0.15) is 47.2 Å². The minimum Gasteiger partial charge on any atom is -0.456 e. The maximum atomic E-state index is 7.27. The van der Waals surface area contributed by atoms with Crippen molar-refractivity contribution in [3.05, 3.63) is 246 Å². The Balaban J connectivity index is 1.26. The molecule has 2 aliphatic carbocycles. The molecule has 0 saturated carbocycles. The number of furan rings is 1. The zero-order valence-corrected chi connectivity index (χ0v) is 33.6. The number of anilines is 3. The zero-order valence-electron chi connectivity index (χ0n) is 33.6. The molecule has 284 valence electrons. The van der Waals surface area contributed by atoms with Gasteiger partial charge in [-0.05, 0) is 92.0 Å². The van der Waals surface area contributed by atoms with E-state index in [1.807, 2.05) is 0 Å². The summed E-state index contributed by atoms with van der Waals surface area (Å²) in [7, 11) is 0. The lowest BCUT2D eigenvalue weighted by atomic mass is 9.66. The molecule has 0 atom stereocenters. The highest BCUT2D eigenvalue weighted by Gasteiger charge is 2.50. The molecule has 9 aromatic carbocycles. The summed E-state index contributed by atoms with van der Waals surface area (Å²) >= 11 is 0. The Morgan fingerprint density at radius 2 is 0.967 bits per heavy atom. The lowest BCUT2D eigenvalue weighted by molar-refractivity contribution is 0.648. The van der Waals surface area contributed by atoms with Crippen molar-refractivity contribution in [1.29, 1.82) is 0 Å². The van der Waals surface area contributed by atoms with Crippen LogP contribution in [-0.2, 0) is 10.8 Å². The first-order valence-corrected chi connectivity index (χ1v) is 20.9. The van der Waals surface area contributed by atoms with E-state index in [0.717, 1.165) is 44.6 Å². The molecule has 0 N–H and O–H groups in total. The van der Waals surface area contributed by atoms with Crippen molar-refractivity contribution < 1.29 is 4.42 Å². The molecular weight excluding hydrogens is 727 g/mol. The SMILES string of the molecule is CC1(C)c2ccccc2-c2c(N(c3ccc(-c4ccccc4)cc3)c3ccc4c(oc5ccccc54)c3C3(c4ccccc4)c4ccccc4-c4ccccc43)cccc21. The molecule has 0 amide bonds. The average Bonchev–Trinajstić information content (AvgIpc) is 3.92. The van der Waals surface area contributed by atoms with Crippen LogP contribution < -0.4 is 4.90 Å². The monoisotopic (exact) mass is 767 g/mol. The first-order chi connectivity index (χ1) is 29.5. The molecule has 0 spiro atoms. The van der Waals surface area contributed by atoms with Crippen molar-refractivity contribution in [3.8, 4) is 33.4 Å². The number of rotatable bonds is 6. The van der Waals surface area contributed by atoms with Crippen LogP contribution in [0.15, 0.2) is 217 Å². The first-order valence-electron chi connectivity index (χ1n) is 20.9. The minimum atomic E-state index is -0.742. The van der Waals surface area contributed by atoms with Gasteiger partial charge in [0.1, 0.15) is 11.2 Å². The summed E-state index contributed by atoms with van der Waals surface area (Å²) in [6, 6.07) is 77.9. The Bertz CT molecular complexity index is 3240. The maximum absolute atomic E-state index is 7.27. The summed E-state index contributed by atoms with van der Waals surface area (Å²) in [5, 5.41) is 2.21. The van der Waals surface area contributed by atoms with E-state index in [2.05, 4.69) is 231 Å². The van der Waals surface area contributed by atoms with Crippen LogP contribution >= 0.6 is 0 Å². The molecule has 0 fully saturated rings. The highest BCUT2D eigenvalue weighted by Crippen LogP contribution is 2.62. The molecule has 2 nitrogen and oxygen atoms in total. The fraction of sp³-hybridized carbons (Fsp3) is 0.0690. The van der Waals surface area contributed by atoms with E-state index in [1.165, 1.54) is 61.2 Å². The molecule has 2 heteroatoms. The van der Waals surface area contributed by atoms with Gasteiger partial charge >= 0.3 is 0 Å². The van der Waals surface area contributed by atoms with E-state index < -0.39 is 5.41 Å². The van der Waals surface area contributed by atoms with Crippen molar-refractivity contribution in [2.75, 3.05) is 4.90 Å². The molecule has 1 heterocycles. The summed E-state index contributed by atoms with van der Waals surface area (Å²) in [5.41, 5.74) is 19.0. The van der Waals surface area contributed by atoms with Gasteiger partial charge in [-0.3, -0.25) is 0 Å². The predicted octanol–water partition coefficient (Wildman–Crippen LogP) is 15.4. The van der Waals surface area contributed by atoms with Crippen LogP contribution in [0.5, 0.6) is 0 Å². The van der Waals surface area contributed by atoms with Crippen LogP contribution in [0.3, 0.4) is 0 Å². The molecule has 0 aliphatic heterocycles. The molecule has 0 radical (unpaired) electrons. The fourth-order valence-corrected chi connectivity index (χ4v) is 10.7. The summed E-state index contributed by atoms with van der Waals surface area (Å²) in [6.07, 6.45) is 0. The number of nitrogens with zero attached hydrogens (tertiary/aromatic N) is 1. The second kappa shape index (κ2) is 13.0. The molecule has 0 bridgehead atoms. The van der Waals surface area contributed by atoms with Crippen molar-refractivity contribution in [1.82, 2.24) is 0 Å². The summed E-state index contributed by atoms with van der Waals surface area (Å²) in [4.78, 5) is 2.53. The Kier molecular flexibility index (Phi) is 7.52. The van der Waals surface area contributed by atoms with E-state index in [4.69, 9.17) is 4.42 Å². The summed E-state index contributed by atoms with van der Waals surface area (Å²) in [6.45, 7) is 4.73. The molecule has 12 rings (SSSR count). The normalized spacial score (nSPS) is 14.1. The molecule has 60 heavy (non-hydrogen) atoms. The third-order valence-corrected chi connectivity index (χ3v) is 13.4. The number of hydrogen-bond acceptors (Lipinski definition) is 2. The maximum Gasteiger partial charge on any atom is 0.142 e. The molecule has 10 aromatic rings. The highest BCUT2D eigenvalue weighted by molar-refractivity contribution is 6.10. The van der Waals surface area contributed by atoms with Crippen LogP contribution in [0.2, 0.25) is 0 Å². The van der Waals surface area contributed by atoms with Crippen LogP contribution in [0.25, 0.3) is 55.3 Å². The van der Waals surface area contributed by atoms with Crippen molar-refractivity contribution in [2.45, 2.75) is 24.7 Å². The quantitative estimate of drug-likeness (QED) is 0.168. The van der Waals surface area contributed by atoms with E-state index in [-0.39, 0.29) is 5.41 Å². The van der Waals surface area contributed by atoms with Gasteiger partial charge in [0.25, 0.3) is 0 Å². The van der Waals surface area contributed by atoms with Crippen LogP contribution in [-0.4, -0.2) is 0 Å². The van der Waals surface area contributed by atoms with Gasteiger partial charge in [-0.15, -0.1) is 0 Å². The van der Waals surface area contributed by atoms with Crippen LogP contribution in [0.4, 0.5) is 17.1 Å². The second-order valence-electron chi connectivity index (χ2n) is 16.8. The first kappa shape index (κ1) is 34.6. The fourth-order valence-electron chi connectivity index (χ4n) is 10.7. The highest BCUT2D eigenvalue weighted by atomic mass is 16.3. The van der Waals surface area contributed by atoms with Gasteiger partial charge in [0.2, 0.25) is 0 Å². The number of hydrogen-bond donors (Lipinski definition) is 0. The Morgan fingerprint density at radius 3 is 1.68 bits per heavy atom. The van der Waals surface area contributed by atoms with Crippen molar-refractivity contribution in [2.24, 2.45) is 0 Å².